The molecule has 0 saturated carbocycles. The molecule has 8 aromatic heterocycles. The number of carboxylic acids is 1. The van der Waals surface area contributed by atoms with Gasteiger partial charge in [-0.05, 0) is 158 Å². The molecule has 468 valence electrons. The maximum absolute atomic E-state index is 11.9. The molecule has 1 aliphatic rings. The number of alkyl halides is 1. The average Bonchev–Trinajstić information content (AvgIpc) is 1.86. The second kappa shape index (κ2) is 34.8. The van der Waals surface area contributed by atoms with E-state index < -0.39 is 26.9 Å². The highest BCUT2D eigenvalue weighted by Crippen LogP contribution is 2.40. The van der Waals surface area contributed by atoms with Gasteiger partial charge in [0.2, 0.25) is 0 Å². The summed E-state index contributed by atoms with van der Waals surface area (Å²) in [6, 6.07) is 28.8. The normalized spacial score (nSPS) is 12.5. The zero-order valence-corrected chi connectivity index (χ0v) is 57.8. The van der Waals surface area contributed by atoms with E-state index in [1.807, 2.05) is 58.0 Å². The number of carboxylic acid groups (broad SMARTS) is 1. The van der Waals surface area contributed by atoms with Crippen molar-refractivity contribution in [3.05, 3.63) is 184 Å². The first kappa shape index (κ1) is 75.3. The van der Waals surface area contributed by atoms with Crippen molar-refractivity contribution in [2.75, 3.05) is 14.2 Å². The minimum absolute atomic E-state index is 0.252. The monoisotopic (exact) mass is 1430 g/mol. The molecular weight excluding hydrogens is 1370 g/mol. The summed E-state index contributed by atoms with van der Waals surface area (Å²) in [5.41, 5.74) is 6.57. The number of hydrogen-bond donors (Lipinski definition) is 1. The number of hydrogen-bond acceptors (Lipinski definition) is 21. The fourth-order valence-electron chi connectivity index (χ4n) is 6.85. The van der Waals surface area contributed by atoms with E-state index in [1.165, 1.54) is 62.5 Å². The third kappa shape index (κ3) is 22.9. The molecule has 0 aliphatic carbocycles. The molecule has 1 saturated heterocycles. The zero-order valence-electron chi connectivity index (χ0n) is 51.4. The number of thioether (sulfide) groups is 2. The molecule has 0 radical (unpaired) electrons. The molecule has 8 aromatic rings. The molecule has 91 heavy (non-hydrogen) atoms. The molecular formula is C64H61BBr2Cl2N12O8S2. The van der Waals surface area contributed by atoms with Crippen molar-refractivity contribution in [3.63, 3.8) is 0 Å². The van der Waals surface area contributed by atoms with Crippen LogP contribution in [0.15, 0.2) is 162 Å². The van der Waals surface area contributed by atoms with Crippen LogP contribution in [0.4, 0.5) is 0 Å². The molecule has 0 aromatic carbocycles. The van der Waals surface area contributed by atoms with E-state index in [1.54, 1.807) is 158 Å². The average molecular weight is 1430 g/mol. The molecule has 1 N–H and O–H groups in total. The summed E-state index contributed by atoms with van der Waals surface area (Å²) in [6.07, 6.45) is 19.3. The van der Waals surface area contributed by atoms with Gasteiger partial charge in [-0.25, -0.2) is 4.98 Å². The lowest BCUT2D eigenvalue weighted by atomic mass is 9.80. The standard InChI is InChI=1S/C16H15N3O2S.C15H13N3O2S.C11H15BClNO2.C11H6ClN3.C6H3BrN2.C5H9BrO2/c1-16(2,15(20)21-3)22-14-6-7-18-10-12(14)13-5-4-11(8-17)9-19-13;1-15(2,14(19)20)21-13-5-6-17-9-11(13)12-4-3-10(7-16)8-18-12;1-10(2)11(3,4)16-12(15-10)8-7-14-6-5-9(8)13;12-10-3-4-14-7-9(10)11-2-1-8(5-13)6-15-11;7-6-2-1-5(3-8)4-9-6;1-5(2,6)4(7)8-3/h4-7,9-10H,1-3H3;3-6,8-9H,1-2H3,(H,19,20);5-7H,1-4H3;1-4,6-7H;1-2,4H;1-3H3. The van der Waals surface area contributed by atoms with Crippen molar-refractivity contribution in [1.82, 2.24) is 39.9 Å². The van der Waals surface area contributed by atoms with Gasteiger partial charge < -0.3 is 23.9 Å². The van der Waals surface area contributed by atoms with Crippen LogP contribution >= 0.6 is 78.6 Å². The van der Waals surface area contributed by atoms with E-state index in [4.69, 9.17) is 58.3 Å². The van der Waals surface area contributed by atoms with Crippen molar-refractivity contribution >= 4 is 109 Å². The summed E-state index contributed by atoms with van der Waals surface area (Å²) >= 11 is 21.0. The number of methoxy groups -OCH3 is 2. The van der Waals surface area contributed by atoms with Gasteiger partial charge in [0.1, 0.15) is 42.7 Å². The number of nitriles is 4. The summed E-state index contributed by atoms with van der Waals surface area (Å²) in [5.74, 6) is -1.44. The van der Waals surface area contributed by atoms with Crippen LogP contribution in [0.5, 0.6) is 0 Å². The highest BCUT2D eigenvalue weighted by Gasteiger charge is 2.52. The Morgan fingerprint density at radius 1 is 0.527 bits per heavy atom. The van der Waals surface area contributed by atoms with Crippen molar-refractivity contribution in [2.24, 2.45) is 0 Å². The molecule has 0 spiro atoms. The summed E-state index contributed by atoms with van der Waals surface area (Å²) in [4.78, 5) is 68.1. The Morgan fingerprint density at radius 2 is 0.890 bits per heavy atom. The third-order valence-corrected chi connectivity index (χ3v) is 16.6. The number of carbonyl (C=O) groups is 3. The number of esters is 2. The molecule has 9 rings (SSSR count). The Kier molecular flexibility index (Phi) is 28.8. The van der Waals surface area contributed by atoms with E-state index >= 15 is 0 Å². The summed E-state index contributed by atoms with van der Waals surface area (Å²) in [6.45, 7) is 18.4. The van der Waals surface area contributed by atoms with Crippen molar-refractivity contribution in [2.45, 2.75) is 104 Å². The Balaban J connectivity index is 0.000000240. The van der Waals surface area contributed by atoms with Gasteiger partial charge in [-0.1, -0.05) is 39.1 Å². The van der Waals surface area contributed by atoms with Gasteiger partial charge in [-0.2, -0.15) is 21.0 Å². The second-order valence-corrected chi connectivity index (χ2v) is 28.1. The van der Waals surface area contributed by atoms with Gasteiger partial charge in [0, 0.05) is 111 Å². The molecule has 0 atom stereocenters. The predicted octanol–water partition coefficient (Wildman–Crippen LogP) is 13.8. The van der Waals surface area contributed by atoms with Crippen LogP contribution in [0.3, 0.4) is 0 Å². The summed E-state index contributed by atoms with van der Waals surface area (Å²) in [5, 5.41) is 45.0. The van der Waals surface area contributed by atoms with E-state index in [9.17, 15) is 19.5 Å². The molecule has 0 unspecified atom stereocenters. The van der Waals surface area contributed by atoms with Crippen molar-refractivity contribution in [1.29, 1.82) is 21.0 Å². The van der Waals surface area contributed by atoms with E-state index in [2.05, 4.69) is 76.5 Å². The number of rotatable bonds is 11. The fourth-order valence-corrected chi connectivity index (χ4v) is 9.79. The Hall–Kier alpha value is -8.21. The Bertz CT molecular complexity index is 3920. The van der Waals surface area contributed by atoms with E-state index in [0.717, 1.165) is 36.5 Å². The van der Waals surface area contributed by atoms with Gasteiger partial charge in [0.25, 0.3) is 0 Å². The number of halogens is 4. The summed E-state index contributed by atoms with van der Waals surface area (Å²) in [7, 11) is 2.30. The first-order chi connectivity index (χ1) is 42.9. The maximum Gasteiger partial charge on any atom is 0.497 e. The topological polar surface area (TPSA) is 307 Å². The van der Waals surface area contributed by atoms with E-state index in [-0.39, 0.29) is 23.1 Å². The largest absolute Gasteiger partial charge is 0.497 e. The van der Waals surface area contributed by atoms with Crippen LogP contribution in [-0.2, 0) is 33.2 Å². The quantitative estimate of drug-likeness (QED) is 0.0413. The lowest BCUT2D eigenvalue weighted by Crippen LogP contribution is -2.41. The zero-order chi connectivity index (χ0) is 67.7. The molecule has 0 amide bonds. The number of aliphatic carboxylic acids is 1. The lowest BCUT2D eigenvalue weighted by molar-refractivity contribution is -0.143. The molecule has 20 nitrogen and oxygen atoms in total. The first-order valence-corrected chi connectivity index (χ1v) is 30.9. The number of ether oxygens (including phenoxy) is 2. The minimum Gasteiger partial charge on any atom is -0.480 e. The molecule has 0 bridgehead atoms. The van der Waals surface area contributed by atoms with Crippen LogP contribution in [0.1, 0.15) is 91.5 Å². The van der Waals surface area contributed by atoms with Crippen LogP contribution in [0, 0.1) is 45.3 Å². The van der Waals surface area contributed by atoms with Gasteiger partial charge >= 0.3 is 25.0 Å². The van der Waals surface area contributed by atoms with Gasteiger partial charge in [0.05, 0.1) is 69.8 Å². The number of aromatic nitrogens is 8. The Morgan fingerprint density at radius 3 is 1.22 bits per heavy atom. The van der Waals surface area contributed by atoms with Crippen molar-refractivity contribution in [3.8, 4) is 58.0 Å². The predicted molar refractivity (Wildman–Crippen MR) is 358 cm³/mol. The van der Waals surface area contributed by atoms with Crippen LogP contribution < -0.4 is 5.46 Å². The van der Waals surface area contributed by atoms with Crippen molar-refractivity contribution < 1.29 is 38.3 Å². The number of nitrogens with zero attached hydrogens (tertiary/aromatic N) is 12. The molecule has 9 heterocycles. The van der Waals surface area contributed by atoms with Gasteiger partial charge in [-0.3, -0.25) is 49.3 Å². The number of carbonyl (C=O) groups excluding carboxylic acids is 2. The van der Waals surface area contributed by atoms with E-state index in [0.29, 0.717) is 49.4 Å². The lowest BCUT2D eigenvalue weighted by Gasteiger charge is -2.32. The SMILES string of the molecule is CC(C)(Sc1ccncc1-c1ccc(C#N)cn1)C(=O)O.CC1(C)OB(c2cnccc2Cl)OC1(C)C.COC(=O)C(C)(C)Br.COC(=O)C(C)(C)Sc1ccncc1-c1ccc(C#N)cn1.N#Cc1ccc(-c2cnccc2Cl)nc1.N#Cc1ccc(Br)nc1. The Labute approximate surface area is 564 Å². The molecule has 1 aliphatic heterocycles. The van der Waals surface area contributed by atoms with Gasteiger partial charge in [0.15, 0.2) is 0 Å². The third-order valence-electron chi connectivity index (χ3n) is 12.6. The van der Waals surface area contributed by atoms with Crippen LogP contribution in [0.25, 0.3) is 33.8 Å². The first-order valence-electron chi connectivity index (χ1n) is 26.9. The fraction of sp³-hybridized carbons (Fsp3) is 0.266. The molecule has 27 heteroatoms. The van der Waals surface area contributed by atoms with Crippen LogP contribution in [-0.4, -0.2) is 109 Å². The highest BCUT2D eigenvalue weighted by atomic mass is 79.9. The maximum atomic E-state index is 11.9. The van der Waals surface area contributed by atoms with Crippen LogP contribution in [0.2, 0.25) is 10.0 Å². The molecule has 1 fully saturated rings. The highest BCUT2D eigenvalue weighted by molar-refractivity contribution is 9.10. The second-order valence-electron chi connectivity index (χ2n) is 21.2. The summed E-state index contributed by atoms with van der Waals surface area (Å²) < 4.78 is 19.6. The number of pyridine rings is 8. The minimum atomic E-state index is -0.956. The van der Waals surface area contributed by atoms with Gasteiger partial charge in [-0.15, -0.1) is 23.5 Å². The smallest absolute Gasteiger partial charge is 0.480 e.